The molecule has 6 nitrogen and oxygen atoms in total. The zero-order valence-corrected chi connectivity index (χ0v) is 19.7. The molecular formula is C26H24FN2O4P. The summed E-state index contributed by atoms with van der Waals surface area (Å²) < 4.78 is 39.6. The second-order valence-corrected chi connectivity index (χ2v) is 9.93. The van der Waals surface area contributed by atoms with E-state index >= 15 is 0 Å². The van der Waals surface area contributed by atoms with Crippen molar-refractivity contribution in [1.82, 2.24) is 9.97 Å². The molecule has 1 heterocycles. The van der Waals surface area contributed by atoms with Crippen molar-refractivity contribution in [2.75, 3.05) is 0 Å². The normalized spacial score (nSPS) is 11.4. The van der Waals surface area contributed by atoms with Crippen molar-refractivity contribution < 1.29 is 18.0 Å². The lowest BCUT2D eigenvalue weighted by Gasteiger charge is -2.23. The summed E-state index contributed by atoms with van der Waals surface area (Å²) in [6.07, 6.45) is -0.166. The fourth-order valence-corrected chi connectivity index (χ4v) is 5.33. The molecule has 8 heteroatoms. The number of nitrogens with one attached hydrogen (secondary N) is 1. The molecule has 0 aliphatic rings. The first-order valence-electron chi connectivity index (χ1n) is 10.8. The molecule has 0 aliphatic heterocycles. The van der Waals surface area contributed by atoms with Crippen LogP contribution < -0.4 is 14.7 Å². The zero-order valence-electron chi connectivity index (χ0n) is 18.8. The number of aromatic amines is 1. The van der Waals surface area contributed by atoms with Crippen molar-refractivity contribution in [3.63, 3.8) is 0 Å². The van der Waals surface area contributed by atoms with Crippen LogP contribution in [0.2, 0.25) is 0 Å². The smallest absolute Gasteiger partial charge is 0.416 e. The van der Waals surface area contributed by atoms with Gasteiger partial charge in [-0.15, -0.1) is 0 Å². The van der Waals surface area contributed by atoms with Crippen molar-refractivity contribution >= 4 is 7.60 Å². The molecule has 4 rings (SSSR count). The van der Waals surface area contributed by atoms with Gasteiger partial charge >= 0.3 is 13.3 Å². The van der Waals surface area contributed by atoms with Crippen LogP contribution in [0.4, 0.5) is 4.39 Å². The molecule has 34 heavy (non-hydrogen) atoms. The Labute approximate surface area is 197 Å². The summed E-state index contributed by atoms with van der Waals surface area (Å²) >= 11 is 0. The summed E-state index contributed by atoms with van der Waals surface area (Å²) in [4.78, 5) is 19.3. The van der Waals surface area contributed by atoms with E-state index < -0.39 is 19.1 Å². The molecule has 174 valence electrons. The second-order valence-electron chi connectivity index (χ2n) is 8.02. The molecule has 0 aliphatic carbocycles. The van der Waals surface area contributed by atoms with Gasteiger partial charge in [0.2, 0.25) is 0 Å². The Hall–Kier alpha value is -3.70. The second kappa shape index (κ2) is 10.1. The Morgan fingerprint density at radius 3 is 1.91 bits per heavy atom. The fourth-order valence-electron chi connectivity index (χ4n) is 3.58. The number of nitrogens with zero attached hydrogens (tertiary/aromatic N) is 1. The number of benzene rings is 3. The highest BCUT2D eigenvalue weighted by Crippen LogP contribution is 2.53. The maximum Gasteiger partial charge on any atom is 0.435 e. The molecule has 0 fully saturated rings. The Balaban J connectivity index is 1.85. The lowest BCUT2D eigenvalue weighted by molar-refractivity contribution is 0.384. The van der Waals surface area contributed by atoms with Crippen LogP contribution in [0.3, 0.4) is 0 Å². The largest absolute Gasteiger partial charge is 0.435 e. The van der Waals surface area contributed by atoms with E-state index in [1.54, 1.807) is 48.5 Å². The molecule has 0 amide bonds. The minimum atomic E-state index is -3.86. The highest BCUT2D eigenvalue weighted by atomic mass is 31.2. The van der Waals surface area contributed by atoms with E-state index in [1.807, 2.05) is 26.0 Å². The number of aromatic nitrogens is 2. The average molecular weight is 478 g/mol. The molecule has 0 unspecified atom stereocenters. The van der Waals surface area contributed by atoms with Gasteiger partial charge in [-0.05, 0) is 54.4 Å². The fraction of sp³-hybridized carbons (Fsp3) is 0.154. The first kappa shape index (κ1) is 23.5. The summed E-state index contributed by atoms with van der Waals surface area (Å²) in [7, 11) is -3.86. The minimum absolute atomic E-state index is 0.119. The van der Waals surface area contributed by atoms with Gasteiger partial charge in [0.1, 0.15) is 23.5 Å². The van der Waals surface area contributed by atoms with Crippen molar-refractivity contribution in [1.29, 1.82) is 0 Å². The van der Waals surface area contributed by atoms with Gasteiger partial charge in [0.15, 0.2) is 0 Å². The maximum absolute atomic E-state index is 14.2. The van der Waals surface area contributed by atoms with E-state index in [4.69, 9.17) is 9.05 Å². The predicted molar refractivity (Wildman–Crippen MR) is 130 cm³/mol. The van der Waals surface area contributed by atoms with E-state index in [-0.39, 0.29) is 12.1 Å². The van der Waals surface area contributed by atoms with Gasteiger partial charge in [-0.3, -0.25) is 0 Å². The van der Waals surface area contributed by atoms with Crippen LogP contribution in [0.5, 0.6) is 11.5 Å². The van der Waals surface area contributed by atoms with Gasteiger partial charge in [-0.25, -0.2) is 13.8 Å². The third-order valence-corrected chi connectivity index (χ3v) is 6.77. The SMILES string of the molecule is CC(C)c1[nH]c(=O)nc(-c2ccc(F)cc2)c1CP(=O)(Oc1ccccc1)Oc1ccccc1. The molecule has 0 bridgehead atoms. The van der Waals surface area contributed by atoms with Crippen LogP contribution in [0.15, 0.2) is 89.7 Å². The molecular weight excluding hydrogens is 454 g/mol. The van der Waals surface area contributed by atoms with E-state index in [1.165, 1.54) is 24.3 Å². The number of rotatable bonds is 8. The first-order chi connectivity index (χ1) is 16.3. The highest BCUT2D eigenvalue weighted by Gasteiger charge is 2.33. The molecule has 4 aromatic rings. The first-order valence-corrected chi connectivity index (χ1v) is 12.5. The molecule has 0 spiro atoms. The van der Waals surface area contributed by atoms with Crippen molar-refractivity contribution in [3.05, 3.63) is 112 Å². The van der Waals surface area contributed by atoms with Crippen LogP contribution in [0.1, 0.15) is 31.0 Å². The van der Waals surface area contributed by atoms with Crippen LogP contribution in [-0.2, 0) is 10.7 Å². The highest BCUT2D eigenvalue weighted by molar-refractivity contribution is 7.53. The number of hydrogen-bond donors (Lipinski definition) is 1. The molecule has 1 aromatic heterocycles. The Bertz CT molecular complexity index is 1310. The quantitative estimate of drug-likeness (QED) is 0.291. The number of hydrogen-bond acceptors (Lipinski definition) is 5. The topological polar surface area (TPSA) is 81.3 Å². The maximum atomic E-state index is 14.2. The number of H-pyrrole nitrogens is 1. The van der Waals surface area contributed by atoms with E-state index in [9.17, 15) is 13.8 Å². The summed E-state index contributed by atoms with van der Waals surface area (Å²) in [5, 5.41) is 0. The summed E-state index contributed by atoms with van der Waals surface area (Å²) in [5.74, 6) is 0.235. The molecule has 0 radical (unpaired) electrons. The number of para-hydroxylation sites is 2. The zero-order chi connectivity index (χ0) is 24.1. The van der Waals surface area contributed by atoms with Crippen LogP contribution >= 0.6 is 7.60 Å². The lowest BCUT2D eigenvalue weighted by atomic mass is 10.00. The number of halogens is 1. The van der Waals surface area contributed by atoms with E-state index in [0.29, 0.717) is 34.0 Å². The van der Waals surface area contributed by atoms with Crippen LogP contribution in [0, 0.1) is 5.82 Å². The van der Waals surface area contributed by atoms with Crippen molar-refractivity contribution in [2.24, 2.45) is 0 Å². The van der Waals surface area contributed by atoms with Gasteiger partial charge in [0.25, 0.3) is 0 Å². The molecule has 0 saturated carbocycles. The monoisotopic (exact) mass is 478 g/mol. The summed E-state index contributed by atoms with van der Waals surface area (Å²) in [6.45, 7) is 3.81. The molecule has 0 saturated heterocycles. The third kappa shape index (κ3) is 5.61. The summed E-state index contributed by atoms with van der Waals surface area (Å²) in [5.41, 5.74) is 1.36. The molecule has 3 aromatic carbocycles. The molecule has 0 atom stereocenters. The van der Waals surface area contributed by atoms with Crippen LogP contribution in [-0.4, -0.2) is 9.97 Å². The minimum Gasteiger partial charge on any atom is -0.416 e. The van der Waals surface area contributed by atoms with Crippen molar-refractivity contribution in [2.45, 2.75) is 25.9 Å². The van der Waals surface area contributed by atoms with E-state index in [0.717, 1.165) is 0 Å². The summed E-state index contributed by atoms with van der Waals surface area (Å²) in [6, 6.07) is 23.1. The Morgan fingerprint density at radius 2 is 1.41 bits per heavy atom. The van der Waals surface area contributed by atoms with Crippen molar-refractivity contribution in [3.8, 4) is 22.8 Å². The third-order valence-electron chi connectivity index (χ3n) is 5.09. The predicted octanol–water partition coefficient (Wildman–Crippen LogP) is 6.55. The van der Waals surface area contributed by atoms with Gasteiger partial charge in [0, 0.05) is 16.8 Å². The standard InChI is InChI=1S/C26H24FN2O4P/c1-18(2)24-23(25(29-26(30)28-24)19-13-15-20(27)16-14-19)17-34(31,32-21-9-5-3-6-10-21)33-22-11-7-4-8-12-22/h3-16,18H,17H2,1-2H3,(H,28,29,30). The Morgan fingerprint density at radius 1 is 0.882 bits per heavy atom. The van der Waals surface area contributed by atoms with Gasteiger partial charge < -0.3 is 14.0 Å². The molecule has 1 N–H and O–H groups in total. The lowest BCUT2D eigenvalue weighted by Crippen LogP contribution is -2.19. The van der Waals surface area contributed by atoms with Crippen LogP contribution in [0.25, 0.3) is 11.3 Å². The Kier molecular flexibility index (Phi) is 6.94. The van der Waals surface area contributed by atoms with Gasteiger partial charge in [-0.1, -0.05) is 50.2 Å². The van der Waals surface area contributed by atoms with Gasteiger partial charge in [0.05, 0.1) is 5.69 Å². The van der Waals surface area contributed by atoms with Gasteiger partial charge in [-0.2, -0.15) is 4.98 Å². The average Bonchev–Trinajstić information content (AvgIpc) is 2.81. The van der Waals surface area contributed by atoms with E-state index in [2.05, 4.69) is 9.97 Å².